The summed E-state index contributed by atoms with van der Waals surface area (Å²) in [5, 5.41) is 5.73. The number of carbonyl (C=O) groups excluding carboxylic acids is 2. The van der Waals surface area contributed by atoms with E-state index >= 15 is 0 Å². The molecule has 3 aromatic rings. The van der Waals surface area contributed by atoms with Gasteiger partial charge < -0.3 is 14.8 Å². The van der Waals surface area contributed by atoms with Crippen molar-refractivity contribution in [3.8, 4) is 0 Å². The Morgan fingerprint density at radius 2 is 2.14 bits per heavy atom. The molecule has 1 N–H and O–H groups in total. The van der Waals surface area contributed by atoms with E-state index < -0.39 is 0 Å². The van der Waals surface area contributed by atoms with E-state index in [9.17, 15) is 9.59 Å². The average Bonchev–Trinajstić information content (AvgIpc) is 3.47. The predicted molar refractivity (Wildman–Crippen MR) is 116 cm³/mol. The number of hydrogen-bond donors (Lipinski definition) is 1. The molecule has 6 nitrogen and oxygen atoms in total. The van der Waals surface area contributed by atoms with Crippen LogP contribution in [-0.2, 0) is 11.8 Å². The van der Waals surface area contributed by atoms with Gasteiger partial charge in [0.2, 0.25) is 5.91 Å². The lowest BCUT2D eigenvalue weighted by Crippen LogP contribution is -2.31. The molecule has 150 valence electrons. The van der Waals surface area contributed by atoms with Crippen LogP contribution in [0.3, 0.4) is 0 Å². The molecule has 1 aliphatic rings. The number of aryl methyl sites for hydroxylation is 1. The van der Waals surface area contributed by atoms with Crippen molar-refractivity contribution in [3.63, 3.8) is 0 Å². The quantitative estimate of drug-likeness (QED) is 0.600. The first kappa shape index (κ1) is 19.7. The first-order valence-corrected chi connectivity index (χ1v) is 11.3. The molecule has 2 amide bonds. The van der Waals surface area contributed by atoms with Crippen LogP contribution < -0.4 is 5.32 Å². The van der Waals surface area contributed by atoms with E-state index in [2.05, 4.69) is 16.4 Å². The Hall–Kier alpha value is -2.58. The van der Waals surface area contributed by atoms with Crippen molar-refractivity contribution in [1.29, 1.82) is 0 Å². The number of thioether (sulfide) groups is 1. The van der Waals surface area contributed by atoms with Crippen LogP contribution in [0.15, 0.2) is 59.3 Å². The van der Waals surface area contributed by atoms with Gasteiger partial charge in [0, 0.05) is 30.9 Å². The van der Waals surface area contributed by atoms with Crippen molar-refractivity contribution >= 4 is 40.6 Å². The van der Waals surface area contributed by atoms with Crippen LogP contribution in [0.5, 0.6) is 0 Å². The molecule has 1 atom stereocenters. The summed E-state index contributed by atoms with van der Waals surface area (Å²) in [6.07, 6.45) is 5.51. The molecule has 0 radical (unpaired) electrons. The van der Waals surface area contributed by atoms with Gasteiger partial charge in [0.15, 0.2) is 5.16 Å². The van der Waals surface area contributed by atoms with Crippen molar-refractivity contribution in [2.24, 2.45) is 7.05 Å². The number of nitrogens with zero attached hydrogens (tertiary/aromatic N) is 3. The number of thiophene rings is 1. The van der Waals surface area contributed by atoms with E-state index in [0.29, 0.717) is 11.3 Å². The van der Waals surface area contributed by atoms with Gasteiger partial charge >= 0.3 is 0 Å². The Labute approximate surface area is 177 Å². The molecule has 8 heteroatoms. The number of aromatic nitrogens is 2. The lowest BCUT2D eigenvalue weighted by Gasteiger charge is -2.25. The first-order valence-electron chi connectivity index (χ1n) is 9.47. The normalized spacial score (nSPS) is 16.2. The summed E-state index contributed by atoms with van der Waals surface area (Å²) in [5.74, 6) is 0.0394. The molecule has 3 heterocycles. The first-order chi connectivity index (χ1) is 14.1. The molecule has 1 aliphatic heterocycles. The van der Waals surface area contributed by atoms with Crippen LogP contribution in [0.25, 0.3) is 0 Å². The molecule has 4 rings (SSSR count). The van der Waals surface area contributed by atoms with Gasteiger partial charge in [-0.2, -0.15) is 0 Å². The lowest BCUT2D eigenvalue weighted by molar-refractivity contribution is -0.113. The van der Waals surface area contributed by atoms with Crippen molar-refractivity contribution < 1.29 is 9.59 Å². The summed E-state index contributed by atoms with van der Waals surface area (Å²) in [6, 6.07) is 11.5. The summed E-state index contributed by atoms with van der Waals surface area (Å²) in [6.45, 7) is 0.735. The van der Waals surface area contributed by atoms with Gasteiger partial charge in [-0.15, -0.1) is 11.3 Å². The Kier molecular flexibility index (Phi) is 6.01. The number of rotatable bonds is 6. The van der Waals surface area contributed by atoms with E-state index in [0.717, 1.165) is 24.5 Å². The largest absolute Gasteiger partial charge is 0.331 e. The third-order valence-corrected chi connectivity index (χ3v) is 6.96. The molecule has 2 aromatic heterocycles. The average molecular weight is 427 g/mol. The second-order valence-corrected chi connectivity index (χ2v) is 8.80. The van der Waals surface area contributed by atoms with Gasteiger partial charge in [0.1, 0.15) is 0 Å². The fourth-order valence-corrected chi connectivity index (χ4v) is 5.13. The number of likely N-dealkylation sites (tertiary alicyclic amines) is 1. The fourth-order valence-electron chi connectivity index (χ4n) is 3.53. The van der Waals surface area contributed by atoms with Crippen LogP contribution in [-0.4, -0.2) is 38.6 Å². The summed E-state index contributed by atoms with van der Waals surface area (Å²) in [4.78, 5) is 33.1. The van der Waals surface area contributed by atoms with Gasteiger partial charge in [-0.1, -0.05) is 30.0 Å². The minimum atomic E-state index is -0.158. The Balaban J connectivity index is 1.47. The highest BCUT2D eigenvalue weighted by Gasteiger charge is 2.32. The van der Waals surface area contributed by atoms with Gasteiger partial charge in [-0.25, -0.2) is 4.98 Å². The zero-order valence-electron chi connectivity index (χ0n) is 16.1. The molecule has 1 saturated heterocycles. The summed E-state index contributed by atoms with van der Waals surface area (Å²) >= 11 is 3.05. The van der Waals surface area contributed by atoms with Gasteiger partial charge in [-0.3, -0.25) is 9.59 Å². The molecule has 1 fully saturated rings. The van der Waals surface area contributed by atoms with Crippen LogP contribution in [0, 0.1) is 0 Å². The van der Waals surface area contributed by atoms with E-state index in [4.69, 9.17) is 0 Å². The molecule has 0 bridgehead atoms. The maximum atomic E-state index is 13.3. The number of benzene rings is 1. The van der Waals surface area contributed by atoms with Crippen molar-refractivity contribution in [3.05, 3.63) is 64.6 Å². The molecule has 1 unspecified atom stereocenters. The van der Waals surface area contributed by atoms with E-state index in [1.165, 1.54) is 16.6 Å². The second kappa shape index (κ2) is 8.84. The summed E-state index contributed by atoms with van der Waals surface area (Å²) < 4.78 is 1.87. The third kappa shape index (κ3) is 4.38. The zero-order chi connectivity index (χ0) is 20.2. The number of anilines is 1. The highest BCUT2D eigenvalue weighted by atomic mass is 32.2. The number of para-hydroxylation sites is 1. The monoisotopic (exact) mass is 426 g/mol. The van der Waals surface area contributed by atoms with Crippen LogP contribution in [0.2, 0.25) is 0 Å². The number of carbonyl (C=O) groups is 2. The van der Waals surface area contributed by atoms with Crippen LogP contribution >= 0.6 is 23.1 Å². The highest BCUT2D eigenvalue weighted by molar-refractivity contribution is 7.99. The molecule has 1 aromatic carbocycles. The molecule has 29 heavy (non-hydrogen) atoms. The Morgan fingerprint density at radius 3 is 2.90 bits per heavy atom. The SMILES string of the molecule is Cn1ccnc1SCC(=O)Nc1ccccc1C(=O)N1CCCC1c1cccs1. The Bertz CT molecular complexity index is 1000. The maximum absolute atomic E-state index is 13.3. The molecule has 0 saturated carbocycles. The topological polar surface area (TPSA) is 67.2 Å². The van der Waals surface area contributed by atoms with Gasteiger partial charge in [-0.05, 0) is 36.4 Å². The standard InChI is InChI=1S/C21H22N4O2S2/c1-24-12-10-22-21(24)29-14-19(26)23-16-7-3-2-6-15(16)20(27)25-11-4-8-17(25)18-9-5-13-28-18/h2-3,5-7,9-10,12-13,17H,4,8,11,14H2,1H3,(H,23,26). The fraction of sp³-hybridized carbons (Fsp3) is 0.286. The van der Waals surface area contributed by atoms with Crippen molar-refractivity contribution in [2.45, 2.75) is 24.0 Å². The van der Waals surface area contributed by atoms with E-state index in [1.54, 1.807) is 29.7 Å². The molecule has 0 aliphatic carbocycles. The molecular weight excluding hydrogens is 404 g/mol. The lowest BCUT2D eigenvalue weighted by atomic mass is 10.1. The van der Waals surface area contributed by atoms with Crippen molar-refractivity contribution in [2.75, 3.05) is 17.6 Å². The Morgan fingerprint density at radius 1 is 1.28 bits per heavy atom. The highest BCUT2D eigenvalue weighted by Crippen LogP contribution is 2.36. The number of hydrogen-bond acceptors (Lipinski definition) is 5. The zero-order valence-corrected chi connectivity index (χ0v) is 17.7. The minimum absolute atomic E-state index is 0.0337. The second-order valence-electron chi connectivity index (χ2n) is 6.88. The number of nitrogens with one attached hydrogen (secondary N) is 1. The summed E-state index contributed by atoms with van der Waals surface area (Å²) in [7, 11) is 1.89. The number of imidazole rings is 1. The van der Waals surface area contributed by atoms with E-state index in [-0.39, 0.29) is 23.6 Å². The van der Waals surface area contributed by atoms with E-state index in [1.807, 2.05) is 46.3 Å². The predicted octanol–water partition coefficient (Wildman–Crippen LogP) is 4.19. The molecule has 0 spiro atoms. The maximum Gasteiger partial charge on any atom is 0.256 e. The minimum Gasteiger partial charge on any atom is -0.331 e. The third-order valence-electron chi connectivity index (χ3n) is 4.93. The smallest absolute Gasteiger partial charge is 0.256 e. The van der Waals surface area contributed by atoms with Crippen LogP contribution in [0.1, 0.15) is 34.1 Å². The van der Waals surface area contributed by atoms with Gasteiger partial charge in [0.05, 0.1) is 23.0 Å². The van der Waals surface area contributed by atoms with Gasteiger partial charge in [0.25, 0.3) is 5.91 Å². The number of amides is 2. The summed E-state index contributed by atoms with van der Waals surface area (Å²) in [5.41, 5.74) is 1.09. The van der Waals surface area contributed by atoms with Crippen molar-refractivity contribution in [1.82, 2.24) is 14.5 Å². The van der Waals surface area contributed by atoms with Crippen LogP contribution in [0.4, 0.5) is 5.69 Å². The molecular formula is C21H22N4O2S2.